The van der Waals surface area contributed by atoms with E-state index in [9.17, 15) is 15.0 Å². The summed E-state index contributed by atoms with van der Waals surface area (Å²) < 4.78 is 5.32. The molecule has 0 aromatic heterocycles. The van der Waals surface area contributed by atoms with E-state index < -0.39 is 24.2 Å². The molecule has 1 heterocycles. The van der Waals surface area contributed by atoms with Gasteiger partial charge in [0, 0.05) is 17.7 Å². The van der Waals surface area contributed by atoms with Crippen molar-refractivity contribution in [2.75, 3.05) is 6.54 Å². The summed E-state index contributed by atoms with van der Waals surface area (Å²) in [6.07, 6.45) is -2.76. The Morgan fingerprint density at radius 1 is 1.24 bits per heavy atom. The highest BCUT2D eigenvalue weighted by Gasteiger charge is 2.42. The number of nitrogens with zero attached hydrogens (tertiary/aromatic N) is 2. The van der Waals surface area contributed by atoms with Crippen LogP contribution in [0.3, 0.4) is 0 Å². The summed E-state index contributed by atoms with van der Waals surface area (Å²) in [6, 6.07) is 7.02. The molecule has 0 bridgehead atoms. The van der Waals surface area contributed by atoms with Gasteiger partial charge in [0.1, 0.15) is 5.60 Å². The Morgan fingerprint density at radius 2 is 1.71 bits per heavy atom. The van der Waals surface area contributed by atoms with Crippen LogP contribution in [-0.4, -0.2) is 38.5 Å². The molecule has 2 N–H and O–H groups in total. The minimum atomic E-state index is -1.08. The normalized spacial score (nSPS) is 22.0. The fraction of sp³-hybridized carbons (Fsp3) is 0.533. The molecule has 116 valence electrons. The number of rotatable bonds is 2. The van der Waals surface area contributed by atoms with Gasteiger partial charge in [0.15, 0.2) is 12.5 Å². The smallest absolute Gasteiger partial charge is 0.425 e. The zero-order valence-corrected chi connectivity index (χ0v) is 12.8. The van der Waals surface area contributed by atoms with E-state index in [0.717, 1.165) is 0 Å². The molecule has 1 aliphatic heterocycles. The maximum atomic E-state index is 12.3. The van der Waals surface area contributed by atoms with Crippen LogP contribution in [0, 0.1) is 0 Å². The first kappa shape index (κ1) is 15.8. The number of carbonyl (C=O) groups is 1. The molecule has 6 nitrogen and oxygen atoms in total. The predicted octanol–water partition coefficient (Wildman–Crippen LogP) is 2.16. The largest absolute Gasteiger partial charge is 0.443 e. The third-order valence-corrected chi connectivity index (χ3v) is 3.24. The van der Waals surface area contributed by atoms with Gasteiger partial charge in [-0.25, -0.2) is 9.80 Å². The molecular formula is C15H22N2O4. The number of benzene rings is 1. The van der Waals surface area contributed by atoms with Crippen molar-refractivity contribution in [2.24, 2.45) is 0 Å². The maximum absolute atomic E-state index is 12.3. The van der Waals surface area contributed by atoms with Gasteiger partial charge in [0.25, 0.3) is 0 Å². The first-order chi connectivity index (χ1) is 9.76. The summed E-state index contributed by atoms with van der Waals surface area (Å²) >= 11 is 0. The zero-order chi connectivity index (χ0) is 15.8. The molecule has 0 radical (unpaired) electrons. The molecule has 2 rings (SSSR count). The van der Waals surface area contributed by atoms with Crippen molar-refractivity contribution in [2.45, 2.75) is 45.8 Å². The van der Waals surface area contributed by atoms with E-state index in [-0.39, 0.29) is 6.54 Å². The van der Waals surface area contributed by atoms with Crippen molar-refractivity contribution in [1.82, 2.24) is 10.0 Å². The lowest BCUT2D eigenvalue weighted by atomic mass is 10.1. The number of ether oxygens (including phenoxy) is 1. The van der Waals surface area contributed by atoms with Gasteiger partial charge in [-0.1, -0.05) is 24.3 Å². The highest BCUT2D eigenvalue weighted by atomic mass is 16.6. The lowest BCUT2D eigenvalue weighted by molar-refractivity contribution is -0.196. The van der Waals surface area contributed by atoms with E-state index >= 15 is 0 Å². The fourth-order valence-electron chi connectivity index (χ4n) is 2.37. The predicted molar refractivity (Wildman–Crippen MR) is 76.8 cm³/mol. The molecule has 1 aromatic carbocycles. The minimum absolute atomic E-state index is 0.275. The summed E-state index contributed by atoms with van der Waals surface area (Å²) in [5.74, 6) is 0. The van der Waals surface area contributed by atoms with Crippen LogP contribution in [0.2, 0.25) is 0 Å². The van der Waals surface area contributed by atoms with Crippen molar-refractivity contribution in [3.8, 4) is 0 Å². The molecule has 2 atom stereocenters. The molecule has 1 aliphatic rings. The average Bonchev–Trinajstić information content (AvgIpc) is 2.64. The maximum Gasteiger partial charge on any atom is 0.425 e. The van der Waals surface area contributed by atoms with E-state index in [0.29, 0.717) is 11.1 Å². The first-order valence-corrected chi connectivity index (χ1v) is 7.00. The number of aliphatic hydroxyl groups is 2. The molecule has 2 unspecified atom stereocenters. The van der Waals surface area contributed by atoms with Crippen molar-refractivity contribution in [1.29, 1.82) is 0 Å². The monoisotopic (exact) mass is 294 g/mol. The zero-order valence-electron chi connectivity index (χ0n) is 12.8. The van der Waals surface area contributed by atoms with Crippen LogP contribution in [0.15, 0.2) is 24.3 Å². The van der Waals surface area contributed by atoms with Crippen molar-refractivity contribution < 1.29 is 19.7 Å². The molecule has 6 heteroatoms. The minimum Gasteiger partial charge on any atom is -0.443 e. The van der Waals surface area contributed by atoms with Crippen LogP contribution in [0.25, 0.3) is 0 Å². The number of hydrazine groups is 1. The van der Waals surface area contributed by atoms with Crippen LogP contribution < -0.4 is 0 Å². The Morgan fingerprint density at radius 3 is 2.10 bits per heavy atom. The lowest BCUT2D eigenvalue weighted by Crippen LogP contribution is -2.49. The summed E-state index contributed by atoms with van der Waals surface area (Å²) in [7, 11) is 0. The summed E-state index contributed by atoms with van der Waals surface area (Å²) in [5, 5.41) is 23.2. The van der Waals surface area contributed by atoms with Crippen LogP contribution in [0.5, 0.6) is 0 Å². The second-order valence-corrected chi connectivity index (χ2v) is 5.95. The second kappa shape index (κ2) is 5.63. The first-order valence-electron chi connectivity index (χ1n) is 7.00. The fourth-order valence-corrected chi connectivity index (χ4v) is 2.37. The van der Waals surface area contributed by atoms with E-state index in [4.69, 9.17) is 4.74 Å². The molecule has 1 aromatic rings. The SMILES string of the molecule is CCN(C(=O)OC(C)(C)C)N1C(O)c2ccccc2C1O. The highest BCUT2D eigenvalue weighted by molar-refractivity contribution is 5.67. The van der Waals surface area contributed by atoms with Gasteiger partial charge in [-0.3, -0.25) is 0 Å². The number of aliphatic hydroxyl groups excluding tert-OH is 2. The van der Waals surface area contributed by atoms with Crippen molar-refractivity contribution in [3.05, 3.63) is 35.4 Å². The molecule has 0 saturated heterocycles. The lowest BCUT2D eigenvalue weighted by Gasteiger charge is -2.36. The summed E-state index contributed by atoms with van der Waals surface area (Å²) in [6.45, 7) is 7.34. The van der Waals surface area contributed by atoms with Gasteiger partial charge in [0.05, 0.1) is 0 Å². The molecule has 0 aliphatic carbocycles. The number of carbonyl (C=O) groups excluding carboxylic acids is 1. The van der Waals surface area contributed by atoms with E-state index in [1.165, 1.54) is 10.0 Å². The van der Waals surface area contributed by atoms with Gasteiger partial charge >= 0.3 is 6.09 Å². The van der Waals surface area contributed by atoms with Gasteiger partial charge in [-0.15, -0.1) is 0 Å². The van der Waals surface area contributed by atoms with Crippen molar-refractivity contribution in [3.63, 3.8) is 0 Å². The molecule has 21 heavy (non-hydrogen) atoms. The number of amides is 1. The Balaban J connectivity index is 2.26. The van der Waals surface area contributed by atoms with Crippen LogP contribution in [-0.2, 0) is 4.74 Å². The number of hydrogen-bond acceptors (Lipinski definition) is 5. The van der Waals surface area contributed by atoms with Gasteiger partial charge in [-0.05, 0) is 27.7 Å². The molecule has 0 fully saturated rings. The second-order valence-electron chi connectivity index (χ2n) is 5.95. The van der Waals surface area contributed by atoms with Crippen LogP contribution >= 0.6 is 0 Å². The van der Waals surface area contributed by atoms with Gasteiger partial charge in [-0.2, -0.15) is 5.01 Å². The molecule has 1 amide bonds. The Bertz CT molecular complexity index is 498. The third kappa shape index (κ3) is 3.02. The van der Waals surface area contributed by atoms with Crippen LogP contribution in [0.4, 0.5) is 4.79 Å². The quantitative estimate of drug-likeness (QED) is 0.874. The number of fused-ring (bicyclic) bond motifs is 1. The standard InChI is InChI=1S/C15H22N2O4/c1-5-16(14(20)21-15(2,3)4)17-12(18)10-8-6-7-9-11(10)13(17)19/h6-9,12-13,18-19H,5H2,1-4H3. The van der Waals surface area contributed by atoms with Gasteiger partial charge in [0.2, 0.25) is 0 Å². The Labute approximate surface area is 124 Å². The summed E-state index contributed by atoms with van der Waals surface area (Å²) in [4.78, 5) is 12.3. The van der Waals surface area contributed by atoms with Gasteiger partial charge < -0.3 is 14.9 Å². The molecule has 0 saturated carbocycles. The van der Waals surface area contributed by atoms with E-state index in [1.54, 1.807) is 52.0 Å². The van der Waals surface area contributed by atoms with Crippen molar-refractivity contribution >= 4 is 6.09 Å². The van der Waals surface area contributed by atoms with Crippen LogP contribution in [0.1, 0.15) is 51.3 Å². The van der Waals surface area contributed by atoms with E-state index in [2.05, 4.69) is 0 Å². The number of hydrogen-bond donors (Lipinski definition) is 2. The third-order valence-electron chi connectivity index (χ3n) is 3.24. The van der Waals surface area contributed by atoms with E-state index in [1.807, 2.05) is 0 Å². The Kier molecular flexibility index (Phi) is 4.22. The average molecular weight is 294 g/mol. The topological polar surface area (TPSA) is 73.2 Å². The highest BCUT2D eigenvalue weighted by Crippen LogP contribution is 2.40. The molecule has 0 spiro atoms. The summed E-state index contributed by atoms with van der Waals surface area (Å²) in [5.41, 5.74) is 0.534. The Hall–Kier alpha value is -1.63. The molecular weight excluding hydrogens is 272 g/mol.